The number of rotatable bonds is 3. The summed E-state index contributed by atoms with van der Waals surface area (Å²) in [5.74, 6) is 0. The lowest BCUT2D eigenvalue weighted by Gasteiger charge is -2.11. The molecule has 0 unspecified atom stereocenters. The molecule has 0 bridgehead atoms. The molecule has 3 N–H and O–H groups in total. The molecule has 5 nitrogen and oxygen atoms in total. The minimum Gasteiger partial charge on any atom is -0.398 e. The van der Waals surface area contributed by atoms with Gasteiger partial charge in [0, 0.05) is 4.47 Å². The van der Waals surface area contributed by atoms with Crippen LogP contribution in [0.3, 0.4) is 0 Å². The van der Waals surface area contributed by atoms with E-state index in [4.69, 9.17) is 22.6 Å². The van der Waals surface area contributed by atoms with Crippen molar-refractivity contribution in [2.45, 2.75) is 4.90 Å². The number of nitriles is 1. The number of nitrogen functional groups attached to an aromatic ring is 1. The lowest BCUT2D eigenvalue weighted by molar-refractivity contribution is 0.601. The maximum atomic E-state index is 12.3. The smallest absolute Gasteiger partial charge is 0.263 e. The molecule has 108 valence electrons. The van der Waals surface area contributed by atoms with E-state index < -0.39 is 10.0 Å². The van der Waals surface area contributed by atoms with Crippen LogP contribution in [0.5, 0.6) is 0 Å². The van der Waals surface area contributed by atoms with Gasteiger partial charge in [-0.2, -0.15) is 5.26 Å². The minimum atomic E-state index is -3.90. The van der Waals surface area contributed by atoms with E-state index in [0.717, 1.165) is 0 Å². The van der Waals surface area contributed by atoms with Gasteiger partial charge in [0.05, 0.1) is 28.0 Å². The number of hydrogen-bond donors (Lipinski definition) is 2. The first-order valence-corrected chi connectivity index (χ1v) is 8.26. The number of nitrogens with two attached hydrogens (primary N) is 1. The molecule has 0 aliphatic heterocycles. The number of benzene rings is 2. The summed E-state index contributed by atoms with van der Waals surface area (Å²) in [4.78, 5) is -0.113. The third-order valence-corrected chi connectivity index (χ3v) is 4.86. The summed E-state index contributed by atoms with van der Waals surface area (Å²) in [6.07, 6.45) is 0. The van der Waals surface area contributed by atoms with Crippen molar-refractivity contribution < 1.29 is 8.42 Å². The summed E-state index contributed by atoms with van der Waals surface area (Å²) in [5.41, 5.74) is 6.20. The number of nitrogens with one attached hydrogen (secondary N) is 1. The highest BCUT2D eigenvalue weighted by atomic mass is 79.9. The van der Waals surface area contributed by atoms with Crippen LogP contribution in [0.25, 0.3) is 0 Å². The van der Waals surface area contributed by atoms with Gasteiger partial charge in [-0.05, 0) is 36.4 Å². The van der Waals surface area contributed by atoms with Gasteiger partial charge in [-0.3, -0.25) is 4.72 Å². The zero-order valence-corrected chi connectivity index (χ0v) is 13.6. The predicted molar refractivity (Wildman–Crippen MR) is 85.5 cm³/mol. The van der Waals surface area contributed by atoms with E-state index >= 15 is 0 Å². The van der Waals surface area contributed by atoms with Crippen molar-refractivity contribution in [3.63, 3.8) is 0 Å². The van der Waals surface area contributed by atoms with Gasteiger partial charge in [0.25, 0.3) is 10.0 Å². The van der Waals surface area contributed by atoms with Crippen molar-refractivity contribution >= 4 is 48.9 Å². The lowest BCUT2D eigenvalue weighted by Crippen LogP contribution is -2.15. The van der Waals surface area contributed by atoms with Crippen LogP contribution in [0.2, 0.25) is 5.02 Å². The Balaban J connectivity index is 2.44. The molecule has 2 aromatic carbocycles. The lowest BCUT2D eigenvalue weighted by atomic mass is 10.2. The van der Waals surface area contributed by atoms with Crippen LogP contribution in [0.1, 0.15) is 5.56 Å². The first-order chi connectivity index (χ1) is 9.83. The van der Waals surface area contributed by atoms with Gasteiger partial charge in [-0.15, -0.1) is 0 Å². The number of anilines is 2. The normalized spacial score (nSPS) is 10.9. The Bertz CT molecular complexity index is 847. The third kappa shape index (κ3) is 3.47. The average Bonchev–Trinajstić information content (AvgIpc) is 2.42. The van der Waals surface area contributed by atoms with E-state index in [0.29, 0.717) is 4.47 Å². The number of halogens is 2. The summed E-state index contributed by atoms with van der Waals surface area (Å²) in [6, 6.07) is 10.6. The fraction of sp³-hybridized carbons (Fsp3) is 0. The molecule has 0 spiro atoms. The van der Waals surface area contributed by atoms with Crippen LogP contribution in [0.15, 0.2) is 45.8 Å². The van der Waals surface area contributed by atoms with Crippen molar-refractivity contribution in [3.8, 4) is 6.07 Å². The molecule has 21 heavy (non-hydrogen) atoms. The first kappa shape index (κ1) is 15.6. The van der Waals surface area contributed by atoms with Crippen molar-refractivity contribution in [1.82, 2.24) is 0 Å². The molecule has 0 saturated carbocycles. The Morgan fingerprint density at radius 2 is 1.95 bits per heavy atom. The van der Waals surface area contributed by atoms with Gasteiger partial charge >= 0.3 is 0 Å². The average molecular weight is 387 g/mol. The largest absolute Gasteiger partial charge is 0.398 e. The standard InChI is InChI=1S/C13H9BrClN3O2S/c14-9-2-3-10(15)12(6-9)18-21(19,20)13-4-1-8(7-16)5-11(13)17/h1-6,18H,17H2. The van der Waals surface area contributed by atoms with Gasteiger partial charge in [0.1, 0.15) is 4.90 Å². The maximum Gasteiger partial charge on any atom is 0.263 e. The van der Waals surface area contributed by atoms with Crippen LogP contribution in [-0.4, -0.2) is 8.42 Å². The Hall–Kier alpha value is -1.75. The van der Waals surface area contributed by atoms with Crippen LogP contribution in [0, 0.1) is 11.3 Å². The quantitative estimate of drug-likeness (QED) is 0.791. The van der Waals surface area contributed by atoms with Crippen molar-refractivity contribution in [1.29, 1.82) is 5.26 Å². The van der Waals surface area contributed by atoms with Gasteiger partial charge in [0.2, 0.25) is 0 Å². The molecular formula is C13H9BrClN3O2S. The molecule has 0 saturated heterocycles. The van der Waals surface area contributed by atoms with Gasteiger partial charge in [0.15, 0.2) is 0 Å². The van der Waals surface area contributed by atoms with Gasteiger partial charge < -0.3 is 5.73 Å². The van der Waals surface area contributed by atoms with Crippen LogP contribution < -0.4 is 10.5 Å². The van der Waals surface area contributed by atoms with E-state index in [2.05, 4.69) is 20.7 Å². The topological polar surface area (TPSA) is 96.0 Å². The Morgan fingerprint density at radius 1 is 1.24 bits per heavy atom. The van der Waals surface area contributed by atoms with Crippen molar-refractivity contribution in [2.75, 3.05) is 10.5 Å². The molecule has 0 heterocycles. The van der Waals surface area contributed by atoms with E-state index in [-0.39, 0.29) is 26.9 Å². The molecule has 2 rings (SSSR count). The molecular weight excluding hydrogens is 378 g/mol. The highest BCUT2D eigenvalue weighted by molar-refractivity contribution is 9.10. The second kappa shape index (κ2) is 5.93. The zero-order chi connectivity index (χ0) is 15.6. The van der Waals surface area contributed by atoms with Gasteiger partial charge in [-0.1, -0.05) is 27.5 Å². The van der Waals surface area contributed by atoms with Crippen LogP contribution >= 0.6 is 27.5 Å². The highest BCUT2D eigenvalue weighted by Gasteiger charge is 2.19. The van der Waals surface area contributed by atoms with E-state index in [1.54, 1.807) is 18.2 Å². The highest BCUT2D eigenvalue weighted by Crippen LogP contribution is 2.29. The fourth-order valence-corrected chi connectivity index (χ4v) is 3.40. The van der Waals surface area contributed by atoms with Crippen LogP contribution in [0.4, 0.5) is 11.4 Å². The summed E-state index contributed by atoms with van der Waals surface area (Å²) in [6.45, 7) is 0. The summed E-state index contributed by atoms with van der Waals surface area (Å²) < 4.78 is 27.7. The summed E-state index contributed by atoms with van der Waals surface area (Å²) in [7, 11) is -3.90. The number of nitrogens with zero attached hydrogens (tertiary/aromatic N) is 1. The zero-order valence-electron chi connectivity index (χ0n) is 10.5. The number of hydrogen-bond acceptors (Lipinski definition) is 4. The monoisotopic (exact) mass is 385 g/mol. The molecule has 8 heteroatoms. The van der Waals surface area contributed by atoms with Crippen LogP contribution in [-0.2, 0) is 10.0 Å². The first-order valence-electron chi connectivity index (χ1n) is 5.61. The number of sulfonamides is 1. The van der Waals surface area contributed by atoms with E-state index in [1.807, 2.05) is 6.07 Å². The fourth-order valence-electron chi connectivity index (χ4n) is 1.64. The minimum absolute atomic E-state index is 0.00679. The molecule has 0 aliphatic rings. The SMILES string of the molecule is N#Cc1ccc(S(=O)(=O)Nc2cc(Br)ccc2Cl)c(N)c1. The Kier molecular flexibility index (Phi) is 4.42. The molecule has 0 radical (unpaired) electrons. The third-order valence-electron chi connectivity index (χ3n) is 2.60. The van der Waals surface area contributed by atoms with Gasteiger partial charge in [-0.25, -0.2) is 8.42 Å². The molecule has 0 aliphatic carbocycles. The summed E-state index contributed by atoms with van der Waals surface area (Å²) in [5, 5.41) is 9.02. The Morgan fingerprint density at radius 3 is 2.57 bits per heavy atom. The van der Waals surface area contributed by atoms with Crippen molar-refractivity contribution in [3.05, 3.63) is 51.5 Å². The molecule has 0 amide bonds. The molecule has 0 atom stereocenters. The predicted octanol–water partition coefficient (Wildman–Crippen LogP) is 3.36. The molecule has 0 aromatic heterocycles. The second-order valence-corrected chi connectivity index (χ2v) is 7.07. The summed E-state index contributed by atoms with van der Waals surface area (Å²) >= 11 is 9.19. The van der Waals surface area contributed by atoms with E-state index in [9.17, 15) is 8.42 Å². The van der Waals surface area contributed by atoms with Crippen molar-refractivity contribution in [2.24, 2.45) is 0 Å². The molecule has 0 fully saturated rings. The second-order valence-electron chi connectivity index (χ2n) is 4.09. The van der Waals surface area contributed by atoms with E-state index in [1.165, 1.54) is 18.2 Å². The maximum absolute atomic E-state index is 12.3. The Labute approximate surface area is 135 Å². The molecule has 2 aromatic rings.